The van der Waals surface area contributed by atoms with E-state index in [9.17, 15) is 13.2 Å². The van der Waals surface area contributed by atoms with E-state index in [4.69, 9.17) is 10.5 Å². The van der Waals surface area contributed by atoms with Crippen molar-refractivity contribution in [3.63, 3.8) is 0 Å². The van der Waals surface area contributed by atoms with Crippen molar-refractivity contribution in [3.05, 3.63) is 29.3 Å². The summed E-state index contributed by atoms with van der Waals surface area (Å²) in [6.45, 7) is 1.79. The predicted molar refractivity (Wildman–Crippen MR) is 60.2 cm³/mol. The number of nitrogens with two attached hydrogens (primary N) is 1. The van der Waals surface area contributed by atoms with Crippen molar-refractivity contribution in [2.45, 2.75) is 25.4 Å². The molecule has 0 saturated carbocycles. The Morgan fingerprint density at radius 2 is 2.00 bits per heavy atom. The molecule has 0 aliphatic rings. The molecular formula is C12H16F3NO. The van der Waals surface area contributed by atoms with E-state index >= 15 is 0 Å². The van der Waals surface area contributed by atoms with Crippen LogP contribution in [0.1, 0.15) is 23.5 Å². The molecular weight excluding hydrogens is 231 g/mol. The van der Waals surface area contributed by atoms with Crippen molar-refractivity contribution in [2.24, 2.45) is 5.73 Å². The van der Waals surface area contributed by atoms with Crippen molar-refractivity contribution < 1.29 is 17.9 Å². The van der Waals surface area contributed by atoms with Gasteiger partial charge < -0.3 is 10.5 Å². The van der Waals surface area contributed by atoms with E-state index in [0.29, 0.717) is 0 Å². The fourth-order valence-corrected chi connectivity index (χ4v) is 1.77. The largest absolute Gasteiger partial charge is 0.496 e. The van der Waals surface area contributed by atoms with Crippen LogP contribution in [0.4, 0.5) is 13.2 Å². The Bertz CT molecular complexity index is 377. The van der Waals surface area contributed by atoms with Crippen molar-refractivity contribution in [2.75, 3.05) is 13.7 Å². The molecule has 5 heteroatoms. The lowest BCUT2D eigenvalue weighted by molar-refractivity contribution is -0.151. The highest BCUT2D eigenvalue weighted by atomic mass is 19.4. The van der Waals surface area contributed by atoms with Crippen LogP contribution < -0.4 is 10.5 Å². The number of rotatable bonds is 4. The Hall–Kier alpha value is -1.23. The van der Waals surface area contributed by atoms with Gasteiger partial charge >= 0.3 is 6.18 Å². The minimum absolute atomic E-state index is 0.0127. The van der Waals surface area contributed by atoms with Gasteiger partial charge in [0, 0.05) is 5.56 Å². The highest BCUT2D eigenvalue weighted by molar-refractivity contribution is 5.40. The fourth-order valence-electron chi connectivity index (χ4n) is 1.77. The molecule has 1 rings (SSSR count). The molecule has 1 unspecified atom stereocenters. The second-order valence-electron chi connectivity index (χ2n) is 3.92. The van der Waals surface area contributed by atoms with Gasteiger partial charge in [-0.1, -0.05) is 12.1 Å². The first-order valence-electron chi connectivity index (χ1n) is 5.31. The summed E-state index contributed by atoms with van der Waals surface area (Å²) in [5, 5.41) is 0. The third-order valence-electron chi connectivity index (χ3n) is 2.61. The minimum atomic E-state index is -4.30. The SMILES string of the molecule is COc1cc(C)ccc1C(CCN)C(F)(F)F. The van der Waals surface area contributed by atoms with Crippen LogP contribution in [0.15, 0.2) is 18.2 Å². The maximum atomic E-state index is 12.9. The number of alkyl halides is 3. The molecule has 0 heterocycles. The van der Waals surface area contributed by atoms with Gasteiger partial charge in [0.15, 0.2) is 0 Å². The number of hydrogen-bond acceptors (Lipinski definition) is 2. The summed E-state index contributed by atoms with van der Waals surface area (Å²) < 4.78 is 43.7. The lowest BCUT2D eigenvalue weighted by Crippen LogP contribution is -2.24. The Kier molecular flexibility index (Phi) is 4.40. The van der Waals surface area contributed by atoms with E-state index in [-0.39, 0.29) is 24.3 Å². The molecule has 0 spiro atoms. The lowest BCUT2D eigenvalue weighted by atomic mass is 9.93. The molecule has 0 aromatic heterocycles. The van der Waals surface area contributed by atoms with E-state index in [1.807, 2.05) is 0 Å². The standard InChI is InChI=1S/C12H16F3NO/c1-8-3-4-9(11(7-8)17-2)10(5-6-16)12(13,14)15/h3-4,7,10H,5-6,16H2,1-2H3. The van der Waals surface area contributed by atoms with Crippen LogP contribution >= 0.6 is 0 Å². The Balaban J connectivity index is 3.18. The van der Waals surface area contributed by atoms with Crippen molar-refractivity contribution in [1.29, 1.82) is 0 Å². The van der Waals surface area contributed by atoms with Gasteiger partial charge in [-0.2, -0.15) is 13.2 Å². The number of aryl methyl sites for hydroxylation is 1. The van der Waals surface area contributed by atoms with Crippen LogP contribution in [0, 0.1) is 6.92 Å². The number of methoxy groups -OCH3 is 1. The van der Waals surface area contributed by atoms with Gasteiger partial charge in [-0.15, -0.1) is 0 Å². The summed E-state index contributed by atoms with van der Waals surface area (Å²) in [6, 6.07) is 4.71. The summed E-state index contributed by atoms with van der Waals surface area (Å²) in [7, 11) is 1.37. The Labute approximate surface area is 98.6 Å². The molecule has 0 bridgehead atoms. The molecule has 2 nitrogen and oxygen atoms in total. The number of benzene rings is 1. The molecule has 17 heavy (non-hydrogen) atoms. The lowest BCUT2D eigenvalue weighted by Gasteiger charge is -2.22. The van der Waals surface area contributed by atoms with Crippen molar-refractivity contribution in [3.8, 4) is 5.75 Å². The van der Waals surface area contributed by atoms with Gasteiger partial charge in [0.05, 0.1) is 13.0 Å². The zero-order valence-electron chi connectivity index (χ0n) is 9.84. The molecule has 1 aromatic carbocycles. The maximum Gasteiger partial charge on any atom is 0.395 e. The van der Waals surface area contributed by atoms with Crippen molar-refractivity contribution >= 4 is 0 Å². The Morgan fingerprint density at radius 3 is 2.47 bits per heavy atom. The maximum absolute atomic E-state index is 12.9. The molecule has 1 aromatic rings. The monoisotopic (exact) mass is 247 g/mol. The van der Waals surface area contributed by atoms with Crippen LogP contribution in [0.3, 0.4) is 0 Å². The van der Waals surface area contributed by atoms with Crippen LogP contribution in [-0.2, 0) is 0 Å². The normalized spacial score (nSPS) is 13.5. The summed E-state index contributed by atoms with van der Waals surface area (Å²) >= 11 is 0. The minimum Gasteiger partial charge on any atom is -0.496 e. The molecule has 1 atom stereocenters. The Morgan fingerprint density at radius 1 is 1.35 bits per heavy atom. The highest BCUT2D eigenvalue weighted by Gasteiger charge is 2.41. The summed E-state index contributed by atoms with van der Waals surface area (Å²) in [6.07, 6.45) is -4.44. The van der Waals surface area contributed by atoms with Gasteiger partial charge in [-0.05, 0) is 31.5 Å². The molecule has 0 radical (unpaired) electrons. The zero-order chi connectivity index (χ0) is 13.1. The average molecular weight is 247 g/mol. The molecule has 0 saturated heterocycles. The molecule has 2 N–H and O–H groups in total. The number of hydrogen-bond donors (Lipinski definition) is 1. The third kappa shape index (κ3) is 3.36. The highest BCUT2D eigenvalue weighted by Crippen LogP contribution is 2.41. The van der Waals surface area contributed by atoms with E-state index in [2.05, 4.69) is 0 Å². The molecule has 96 valence electrons. The van der Waals surface area contributed by atoms with Gasteiger partial charge in [-0.3, -0.25) is 0 Å². The van der Waals surface area contributed by atoms with Crippen LogP contribution in [-0.4, -0.2) is 19.8 Å². The summed E-state index contributed by atoms with van der Waals surface area (Å²) in [5.74, 6) is -1.30. The second-order valence-corrected chi connectivity index (χ2v) is 3.92. The summed E-state index contributed by atoms with van der Waals surface area (Å²) in [5.41, 5.74) is 6.25. The van der Waals surface area contributed by atoms with Gasteiger partial charge in [0.1, 0.15) is 5.75 Å². The smallest absolute Gasteiger partial charge is 0.395 e. The van der Waals surface area contributed by atoms with Gasteiger partial charge in [-0.25, -0.2) is 0 Å². The first-order chi connectivity index (χ1) is 7.90. The van der Waals surface area contributed by atoms with E-state index in [0.717, 1.165) is 5.56 Å². The summed E-state index contributed by atoms with van der Waals surface area (Å²) in [4.78, 5) is 0. The molecule has 0 amide bonds. The molecule has 0 aliphatic carbocycles. The van der Waals surface area contributed by atoms with Crippen LogP contribution in [0.5, 0.6) is 5.75 Å². The number of ether oxygens (including phenoxy) is 1. The first kappa shape index (κ1) is 13.8. The third-order valence-corrected chi connectivity index (χ3v) is 2.61. The first-order valence-corrected chi connectivity index (χ1v) is 5.31. The van der Waals surface area contributed by atoms with E-state index in [1.165, 1.54) is 13.2 Å². The predicted octanol–water partition coefficient (Wildman–Crippen LogP) is 3.00. The van der Waals surface area contributed by atoms with Crippen molar-refractivity contribution in [1.82, 2.24) is 0 Å². The second kappa shape index (κ2) is 5.40. The van der Waals surface area contributed by atoms with Gasteiger partial charge in [0.25, 0.3) is 0 Å². The topological polar surface area (TPSA) is 35.2 Å². The van der Waals surface area contributed by atoms with Crippen LogP contribution in [0.25, 0.3) is 0 Å². The fraction of sp³-hybridized carbons (Fsp3) is 0.500. The zero-order valence-corrected chi connectivity index (χ0v) is 9.84. The quantitative estimate of drug-likeness (QED) is 0.887. The molecule has 0 aliphatic heterocycles. The van der Waals surface area contributed by atoms with Gasteiger partial charge in [0.2, 0.25) is 0 Å². The van der Waals surface area contributed by atoms with E-state index in [1.54, 1.807) is 19.1 Å². The molecule has 0 fully saturated rings. The van der Waals surface area contributed by atoms with Crippen LogP contribution in [0.2, 0.25) is 0 Å². The number of halogens is 3. The average Bonchev–Trinajstić information content (AvgIpc) is 2.25. The van der Waals surface area contributed by atoms with E-state index < -0.39 is 12.1 Å².